The second-order valence-electron chi connectivity index (χ2n) is 11.9. The summed E-state index contributed by atoms with van der Waals surface area (Å²) >= 11 is 0. The largest absolute Gasteiger partial charge is 0.416 e. The second-order valence-corrected chi connectivity index (χ2v) is 11.9. The molecule has 242 valence electrons. The van der Waals surface area contributed by atoms with Gasteiger partial charge >= 0.3 is 12.4 Å². The van der Waals surface area contributed by atoms with Gasteiger partial charge in [0, 0.05) is 37.2 Å². The molecule has 1 aromatic heterocycles. The van der Waals surface area contributed by atoms with Crippen molar-refractivity contribution in [3.63, 3.8) is 0 Å². The van der Waals surface area contributed by atoms with Crippen molar-refractivity contribution in [2.45, 2.75) is 75.5 Å². The number of amides is 2. The number of likely N-dealkylation sites (tertiary alicyclic amines) is 1. The first-order chi connectivity index (χ1) is 21.3. The lowest BCUT2D eigenvalue weighted by atomic mass is 9.83. The highest BCUT2D eigenvalue weighted by Gasteiger charge is 2.40. The quantitative estimate of drug-likeness (QED) is 0.264. The molecule has 0 spiro atoms. The molecule has 2 N–H and O–H groups in total. The van der Waals surface area contributed by atoms with Gasteiger partial charge in [-0.2, -0.15) is 26.3 Å². The molecule has 45 heavy (non-hydrogen) atoms. The van der Waals surface area contributed by atoms with Crippen molar-refractivity contribution in [1.82, 2.24) is 15.2 Å². The molecule has 2 amide bonds. The molecular weight excluding hydrogens is 600 g/mol. The number of aromatic amines is 1. The van der Waals surface area contributed by atoms with Gasteiger partial charge in [-0.05, 0) is 80.5 Å². The maximum absolute atomic E-state index is 13.6. The Hall–Kier alpha value is -3.80. The predicted molar refractivity (Wildman–Crippen MR) is 154 cm³/mol. The molecule has 12 heteroatoms. The number of nitrogens with zero attached hydrogens (tertiary/aromatic N) is 1. The first kappa shape index (κ1) is 32.6. The van der Waals surface area contributed by atoms with Gasteiger partial charge < -0.3 is 19.9 Å². The van der Waals surface area contributed by atoms with Crippen LogP contribution in [0.15, 0.2) is 66.9 Å². The topological polar surface area (TPSA) is 74.4 Å². The Kier molecular flexibility index (Phi) is 9.62. The van der Waals surface area contributed by atoms with E-state index in [0.29, 0.717) is 63.0 Å². The van der Waals surface area contributed by atoms with E-state index < -0.39 is 35.7 Å². The van der Waals surface area contributed by atoms with Crippen LogP contribution in [-0.4, -0.2) is 46.9 Å². The average molecular weight is 636 g/mol. The van der Waals surface area contributed by atoms with Crippen LogP contribution in [0, 0.1) is 5.92 Å². The third-order valence-electron chi connectivity index (χ3n) is 8.80. The summed E-state index contributed by atoms with van der Waals surface area (Å²) in [6, 6.07) is 14.2. The number of alkyl halides is 6. The Labute approximate surface area is 257 Å². The standard InChI is InChI=1S/C33H35F6N3O3/c1-20(23-16-24(32(34,35)36)18-25(17-23)33(37,38)39)45-29-13-15-42(19-27(29)21-6-3-2-4-7-21)31(44)22-9-11-26(12-10-22)41-30(43)28-8-5-14-40-28/h2-8,14,16-18,20,22,26-27,29,40H,9-13,15,19H2,1H3,(H,41,43)/t20-,22-,26-,27+,29+/m1/s1. The zero-order valence-electron chi connectivity index (χ0n) is 24.6. The van der Waals surface area contributed by atoms with Crippen molar-refractivity contribution in [2.24, 2.45) is 5.92 Å². The minimum absolute atomic E-state index is 0.00396. The number of carbonyl (C=O) groups excluding carboxylic acids is 2. The Morgan fingerprint density at radius 3 is 2.11 bits per heavy atom. The van der Waals surface area contributed by atoms with Gasteiger partial charge in [0.15, 0.2) is 0 Å². The normalized spacial score (nSPS) is 23.4. The Balaban J connectivity index is 1.27. The van der Waals surface area contributed by atoms with Crippen molar-refractivity contribution < 1.29 is 40.7 Å². The van der Waals surface area contributed by atoms with Crippen LogP contribution < -0.4 is 5.32 Å². The van der Waals surface area contributed by atoms with Crippen LogP contribution >= 0.6 is 0 Å². The van der Waals surface area contributed by atoms with Crippen LogP contribution in [0.1, 0.15) is 83.8 Å². The number of benzene rings is 2. The van der Waals surface area contributed by atoms with Crippen molar-refractivity contribution in [3.05, 3.63) is 94.8 Å². The number of hydrogen-bond donors (Lipinski definition) is 2. The molecule has 2 fully saturated rings. The molecule has 0 bridgehead atoms. The second kappa shape index (κ2) is 13.3. The number of ether oxygens (including phenoxy) is 1. The van der Waals surface area contributed by atoms with Gasteiger partial charge in [0.25, 0.3) is 5.91 Å². The lowest BCUT2D eigenvalue weighted by molar-refractivity contribution is -0.143. The van der Waals surface area contributed by atoms with Crippen molar-refractivity contribution >= 4 is 11.8 Å². The summed E-state index contributed by atoms with van der Waals surface area (Å²) in [5, 5.41) is 3.01. The van der Waals surface area contributed by atoms with Crippen LogP contribution in [0.5, 0.6) is 0 Å². The van der Waals surface area contributed by atoms with E-state index in [-0.39, 0.29) is 41.3 Å². The lowest BCUT2D eigenvalue weighted by Gasteiger charge is -2.41. The highest BCUT2D eigenvalue weighted by atomic mass is 19.4. The zero-order valence-corrected chi connectivity index (χ0v) is 24.6. The summed E-state index contributed by atoms with van der Waals surface area (Å²) < 4.78 is 87.1. The van der Waals surface area contributed by atoms with E-state index in [1.54, 1.807) is 23.2 Å². The average Bonchev–Trinajstić information content (AvgIpc) is 3.56. The molecule has 6 nitrogen and oxygen atoms in total. The summed E-state index contributed by atoms with van der Waals surface area (Å²) in [5.41, 5.74) is -1.65. The van der Waals surface area contributed by atoms with Gasteiger partial charge in [-0.15, -0.1) is 0 Å². The van der Waals surface area contributed by atoms with E-state index in [0.717, 1.165) is 5.56 Å². The Bertz CT molecular complexity index is 1420. The van der Waals surface area contributed by atoms with Crippen LogP contribution in [0.25, 0.3) is 0 Å². The number of hydrogen-bond acceptors (Lipinski definition) is 3. The summed E-state index contributed by atoms with van der Waals surface area (Å²) in [6.07, 6.45) is -6.92. The molecule has 1 saturated carbocycles. The maximum atomic E-state index is 13.6. The molecule has 1 aliphatic carbocycles. The zero-order chi connectivity index (χ0) is 32.4. The molecule has 2 heterocycles. The molecule has 0 radical (unpaired) electrons. The molecule has 5 rings (SSSR count). The number of rotatable bonds is 7. The summed E-state index contributed by atoms with van der Waals surface area (Å²) in [4.78, 5) is 30.7. The Morgan fingerprint density at radius 2 is 1.53 bits per heavy atom. The van der Waals surface area contributed by atoms with Gasteiger partial charge in [0.2, 0.25) is 5.91 Å². The van der Waals surface area contributed by atoms with Crippen LogP contribution in [0.4, 0.5) is 26.3 Å². The number of piperidine rings is 1. The molecule has 1 saturated heterocycles. The minimum atomic E-state index is -4.96. The number of carbonyl (C=O) groups is 2. The van der Waals surface area contributed by atoms with Crippen molar-refractivity contribution in [2.75, 3.05) is 13.1 Å². The Morgan fingerprint density at radius 1 is 0.889 bits per heavy atom. The number of halogens is 6. The van der Waals surface area contributed by atoms with Gasteiger partial charge in [0.1, 0.15) is 5.69 Å². The predicted octanol–water partition coefficient (Wildman–Crippen LogP) is 7.50. The summed E-state index contributed by atoms with van der Waals surface area (Å²) in [6.45, 7) is 2.10. The first-order valence-electron chi connectivity index (χ1n) is 15.0. The molecule has 3 atom stereocenters. The van der Waals surface area contributed by atoms with Crippen molar-refractivity contribution in [3.8, 4) is 0 Å². The van der Waals surface area contributed by atoms with Crippen LogP contribution in [-0.2, 0) is 21.9 Å². The van der Waals surface area contributed by atoms with E-state index in [1.807, 2.05) is 30.3 Å². The highest BCUT2D eigenvalue weighted by molar-refractivity contribution is 5.92. The fraction of sp³-hybridized carbons (Fsp3) is 0.455. The smallest absolute Gasteiger partial charge is 0.370 e. The summed E-state index contributed by atoms with van der Waals surface area (Å²) in [7, 11) is 0. The van der Waals surface area contributed by atoms with Crippen molar-refractivity contribution in [1.29, 1.82) is 0 Å². The maximum Gasteiger partial charge on any atom is 0.416 e. The molecule has 3 aromatic rings. The van der Waals surface area contributed by atoms with Crippen LogP contribution in [0.2, 0.25) is 0 Å². The molecular formula is C33H35F6N3O3. The third-order valence-corrected chi connectivity index (χ3v) is 8.80. The van der Waals surface area contributed by atoms with Gasteiger partial charge in [-0.3, -0.25) is 9.59 Å². The minimum Gasteiger partial charge on any atom is -0.370 e. The number of H-pyrrole nitrogens is 1. The molecule has 2 aromatic carbocycles. The van der Waals surface area contributed by atoms with Gasteiger partial charge in [-0.25, -0.2) is 0 Å². The van der Waals surface area contributed by atoms with Crippen LogP contribution in [0.3, 0.4) is 0 Å². The van der Waals surface area contributed by atoms with Gasteiger partial charge in [-0.1, -0.05) is 30.3 Å². The van der Waals surface area contributed by atoms with E-state index in [9.17, 15) is 35.9 Å². The van der Waals surface area contributed by atoms with E-state index in [1.165, 1.54) is 6.92 Å². The lowest BCUT2D eigenvalue weighted by Crippen LogP contribution is -2.49. The van der Waals surface area contributed by atoms with E-state index in [4.69, 9.17) is 4.74 Å². The fourth-order valence-corrected chi connectivity index (χ4v) is 6.35. The van der Waals surface area contributed by atoms with Gasteiger partial charge in [0.05, 0.1) is 23.3 Å². The SMILES string of the molecule is C[C@@H](O[C@H]1CCN(C(=O)[C@H]2CC[C@H](NC(=O)c3ccc[nH]3)CC2)C[C@H]1c1ccccc1)c1cc(C(F)(F)F)cc(C(F)(F)F)c1. The monoisotopic (exact) mass is 635 g/mol. The molecule has 2 aliphatic rings. The number of nitrogens with one attached hydrogen (secondary N) is 2. The molecule has 1 aliphatic heterocycles. The molecule has 0 unspecified atom stereocenters. The third kappa shape index (κ3) is 7.89. The summed E-state index contributed by atoms with van der Waals surface area (Å²) in [5.74, 6) is -0.723. The highest BCUT2D eigenvalue weighted by Crippen LogP contribution is 2.40. The van der Waals surface area contributed by atoms with E-state index in [2.05, 4.69) is 10.3 Å². The first-order valence-corrected chi connectivity index (χ1v) is 15.0. The number of aromatic nitrogens is 1. The fourth-order valence-electron chi connectivity index (χ4n) is 6.35. The van der Waals surface area contributed by atoms with E-state index >= 15 is 0 Å².